The summed E-state index contributed by atoms with van der Waals surface area (Å²) in [4.78, 5) is 4.42. The minimum atomic E-state index is 0.355. The molecule has 0 spiro atoms. The third-order valence-corrected chi connectivity index (χ3v) is 3.69. The van der Waals surface area contributed by atoms with Gasteiger partial charge in [-0.3, -0.25) is 0 Å². The Morgan fingerprint density at radius 3 is 2.29 bits per heavy atom. The summed E-state index contributed by atoms with van der Waals surface area (Å²) in [7, 11) is 4.72. The Morgan fingerprint density at radius 2 is 1.58 bits per heavy atom. The lowest BCUT2D eigenvalue weighted by molar-refractivity contribution is 0.355. The minimum Gasteiger partial charge on any atom is -0.496 e. The van der Waals surface area contributed by atoms with Gasteiger partial charge in [-0.25, -0.2) is 0 Å². The van der Waals surface area contributed by atoms with Gasteiger partial charge in [0.1, 0.15) is 5.75 Å². The van der Waals surface area contributed by atoms with Crippen molar-refractivity contribution < 1.29 is 18.7 Å². The molecule has 6 nitrogen and oxygen atoms in total. The van der Waals surface area contributed by atoms with Gasteiger partial charge < -0.3 is 18.7 Å². The van der Waals surface area contributed by atoms with Gasteiger partial charge in [0.2, 0.25) is 5.82 Å². The molecule has 3 aromatic rings. The van der Waals surface area contributed by atoms with Crippen LogP contribution in [0.15, 0.2) is 40.9 Å². The molecule has 0 atom stereocenters. The van der Waals surface area contributed by atoms with Gasteiger partial charge in [-0.1, -0.05) is 16.8 Å². The maximum Gasteiger partial charge on any atom is 0.258 e. The molecule has 0 saturated heterocycles. The lowest BCUT2D eigenvalue weighted by Gasteiger charge is -2.07. The van der Waals surface area contributed by atoms with E-state index >= 15 is 0 Å². The van der Waals surface area contributed by atoms with Gasteiger partial charge in [0.15, 0.2) is 11.5 Å². The van der Waals surface area contributed by atoms with Crippen LogP contribution in [0.25, 0.3) is 22.8 Å². The monoisotopic (exact) mass is 346 g/mol. The second kappa shape index (κ2) is 6.80. The second-order valence-corrected chi connectivity index (χ2v) is 5.27. The Kier molecular flexibility index (Phi) is 4.57. The van der Waals surface area contributed by atoms with E-state index in [1.165, 1.54) is 0 Å². The van der Waals surface area contributed by atoms with Gasteiger partial charge >= 0.3 is 0 Å². The van der Waals surface area contributed by atoms with Crippen LogP contribution < -0.4 is 14.2 Å². The van der Waals surface area contributed by atoms with Crippen LogP contribution in [0.4, 0.5) is 0 Å². The SMILES string of the molecule is COc1ccc(-c2nc(-c3cc(Cl)ccc3OC)no2)cc1OC. The Bertz CT molecular complexity index is 864. The average molecular weight is 347 g/mol. The highest BCUT2D eigenvalue weighted by molar-refractivity contribution is 6.30. The molecule has 1 heterocycles. The van der Waals surface area contributed by atoms with E-state index in [4.69, 9.17) is 30.3 Å². The van der Waals surface area contributed by atoms with Crippen LogP contribution in [0.2, 0.25) is 5.02 Å². The van der Waals surface area contributed by atoms with Gasteiger partial charge in [-0.15, -0.1) is 0 Å². The van der Waals surface area contributed by atoms with Crippen LogP contribution in [-0.4, -0.2) is 31.5 Å². The van der Waals surface area contributed by atoms with E-state index in [1.807, 2.05) is 6.07 Å². The Morgan fingerprint density at radius 1 is 0.875 bits per heavy atom. The Balaban J connectivity index is 2.01. The molecule has 0 fully saturated rings. The number of halogens is 1. The molecular formula is C17H15ClN2O4. The van der Waals surface area contributed by atoms with E-state index in [2.05, 4.69) is 10.1 Å². The van der Waals surface area contributed by atoms with Crippen LogP contribution >= 0.6 is 11.6 Å². The highest BCUT2D eigenvalue weighted by atomic mass is 35.5. The molecule has 0 aliphatic carbocycles. The topological polar surface area (TPSA) is 66.6 Å². The van der Waals surface area contributed by atoms with Crippen LogP contribution in [0.3, 0.4) is 0 Å². The van der Waals surface area contributed by atoms with E-state index < -0.39 is 0 Å². The third-order valence-electron chi connectivity index (χ3n) is 3.46. The fraction of sp³-hybridized carbons (Fsp3) is 0.176. The molecule has 0 N–H and O–H groups in total. The fourth-order valence-electron chi connectivity index (χ4n) is 2.27. The number of aromatic nitrogens is 2. The molecule has 7 heteroatoms. The Labute approximate surface area is 143 Å². The predicted octanol–water partition coefficient (Wildman–Crippen LogP) is 4.08. The number of rotatable bonds is 5. The molecule has 124 valence electrons. The number of methoxy groups -OCH3 is 3. The van der Waals surface area contributed by atoms with E-state index in [0.29, 0.717) is 45.1 Å². The van der Waals surface area contributed by atoms with E-state index in [1.54, 1.807) is 51.7 Å². The van der Waals surface area contributed by atoms with E-state index in [9.17, 15) is 0 Å². The summed E-state index contributed by atoms with van der Waals surface area (Å²) in [5.74, 6) is 2.55. The van der Waals surface area contributed by atoms with Crippen LogP contribution in [0.1, 0.15) is 0 Å². The first-order chi connectivity index (χ1) is 11.7. The molecular weight excluding hydrogens is 332 g/mol. The van der Waals surface area contributed by atoms with Gasteiger partial charge in [0.25, 0.3) is 5.89 Å². The highest BCUT2D eigenvalue weighted by Crippen LogP contribution is 2.34. The van der Waals surface area contributed by atoms with Crippen molar-refractivity contribution in [2.75, 3.05) is 21.3 Å². The number of hydrogen-bond donors (Lipinski definition) is 0. The van der Waals surface area contributed by atoms with Gasteiger partial charge in [0, 0.05) is 10.6 Å². The molecule has 0 radical (unpaired) electrons. The van der Waals surface area contributed by atoms with Crippen molar-refractivity contribution in [3.05, 3.63) is 41.4 Å². The van der Waals surface area contributed by atoms with Crippen molar-refractivity contribution in [1.29, 1.82) is 0 Å². The first-order valence-corrected chi connectivity index (χ1v) is 7.44. The number of hydrogen-bond acceptors (Lipinski definition) is 6. The zero-order chi connectivity index (χ0) is 17.1. The van der Waals surface area contributed by atoms with Crippen LogP contribution in [0.5, 0.6) is 17.2 Å². The number of benzene rings is 2. The lowest BCUT2D eigenvalue weighted by atomic mass is 10.2. The first kappa shape index (κ1) is 16.1. The summed E-state index contributed by atoms with van der Waals surface area (Å²) in [6, 6.07) is 10.6. The van der Waals surface area contributed by atoms with Crippen molar-refractivity contribution in [2.45, 2.75) is 0 Å². The summed E-state index contributed by atoms with van der Waals surface area (Å²) in [6.07, 6.45) is 0. The van der Waals surface area contributed by atoms with Crippen molar-refractivity contribution in [3.63, 3.8) is 0 Å². The number of nitrogens with zero attached hydrogens (tertiary/aromatic N) is 2. The quantitative estimate of drug-likeness (QED) is 0.693. The standard InChI is InChI=1S/C17H15ClN2O4/c1-21-13-7-5-11(18)9-12(13)16-19-17(24-20-16)10-4-6-14(22-2)15(8-10)23-3/h4-9H,1-3H3. The molecule has 24 heavy (non-hydrogen) atoms. The largest absolute Gasteiger partial charge is 0.496 e. The fourth-order valence-corrected chi connectivity index (χ4v) is 2.45. The highest BCUT2D eigenvalue weighted by Gasteiger charge is 2.16. The molecule has 3 rings (SSSR count). The van der Waals surface area contributed by atoms with Crippen LogP contribution in [0, 0.1) is 0 Å². The summed E-state index contributed by atoms with van der Waals surface area (Å²) in [5, 5.41) is 4.57. The van der Waals surface area contributed by atoms with E-state index in [-0.39, 0.29) is 0 Å². The van der Waals surface area contributed by atoms with Gasteiger partial charge in [-0.2, -0.15) is 4.98 Å². The van der Waals surface area contributed by atoms with Crippen molar-refractivity contribution >= 4 is 11.6 Å². The summed E-state index contributed by atoms with van der Waals surface area (Å²) in [6.45, 7) is 0. The van der Waals surface area contributed by atoms with Gasteiger partial charge in [-0.05, 0) is 36.4 Å². The lowest BCUT2D eigenvalue weighted by Crippen LogP contribution is -1.91. The predicted molar refractivity (Wildman–Crippen MR) is 89.8 cm³/mol. The molecule has 2 aromatic carbocycles. The zero-order valence-electron chi connectivity index (χ0n) is 13.4. The average Bonchev–Trinajstić information content (AvgIpc) is 3.11. The smallest absolute Gasteiger partial charge is 0.258 e. The molecule has 0 aliphatic heterocycles. The molecule has 0 aliphatic rings. The normalized spacial score (nSPS) is 10.5. The van der Waals surface area contributed by atoms with Crippen LogP contribution in [-0.2, 0) is 0 Å². The number of ether oxygens (including phenoxy) is 3. The summed E-state index contributed by atoms with van der Waals surface area (Å²) in [5.41, 5.74) is 1.37. The zero-order valence-corrected chi connectivity index (χ0v) is 14.1. The second-order valence-electron chi connectivity index (χ2n) is 4.84. The first-order valence-electron chi connectivity index (χ1n) is 7.06. The van der Waals surface area contributed by atoms with Crippen molar-refractivity contribution in [2.24, 2.45) is 0 Å². The third kappa shape index (κ3) is 3.00. The van der Waals surface area contributed by atoms with Gasteiger partial charge in [0.05, 0.1) is 26.9 Å². The van der Waals surface area contributed by atoms with Crippen molar-refractivity contribution in [1.82, 2.24) is 10.1 Å². The summed E-state index contributed by atoms with van der Waals surface area (Å²) >= 11 is 6.05. The Hall–Kier alpha value is -2.73. The maximum absolute atomic E-state index is 6.05. The summed E-state index contributed by atoms with van der Waals surface area (Å²) < 4.78 is 21.2. The van der Waals surface area contributed by atoms with E-state index in [0.717, 1.165) is 0 Å². The minimum absolute atomic E-state index is 0.355. The van der Waals surface area contributed by atoms with Crippen molar-refractivity contribution in [3.8, 4) is 40.1 Å². The molecule has 1 aromatic heterocycles. The molecule has 0 unspecified atom stereocenters. The molecule has 0 saturated carbocycles. The molecule has 0 bridgehead atoms. The maximum atomic E-state index is 6.05. The molecule has 0 amide bonds.